The Labute approximate surface area is 130 Å². The van der Waals surface area contributed by atoms with Crippen molar-refractivity contribution in [1.29, 1.82) is 0 Å². The molecule has 1 unspecified atom stereocenters. The Kier molecular flexibility index (Phi) is 9.08. The number of likely N-dealkylation sites (N-methyl/N-ethyl adjacent to an activating group) is 1. The van der Waals surface area contributed by atoms with E-state index >= 15 is 0 Å². The van der Waals surface area contributed by atoms with Crippen LogP contribution in [0.25, 0.3) is 0 Å². The van der Waals surface area contributed by atoms with Crippen LogP contribution in [0.1, 0.15) is 34.6 Å². The summed E-state index contributed by atoms with van der Waals surface area (Å²) in [6.07, 6.45) is 0. The molecule has 0 aliphatic rings. The van der Waals surface area contributed by atoms with Gasteiger partial charge in [-0.25, -0.2) is 0 Å². The highest BCUT2D eigenvalue weighted by atomic mass is 32.2. The molecule has 0 saturated carbocycles. The third-order valence-corrected chi connectivity index (χ3v) is 4.27. The standard InChI is InChI=1S/C14H26N2O4S/c1-6-16(7-11(17)15-10(4)5)12(18)8-21-13(9(2)3)14(19)20/h9-10,13H,6-8H2,1-5H3,(H,15,17)(H,19,20). The van der Waals surface area contributed by atoms with Gasteiger partial charge in [-0.1, -0.05) is 13.8 Å². The Morgan fingerprint density at radius 3 is 2.14 bits per heavy atom. The van der Waals surface area contributed by atoms with Gasteiger partial charge in [0.1, 0.15) is 5.25 Å². The monoisotopic (exact) mass is 318 g/mol. The highest BCUT2D eigenvalue weighted by Crippen LogP contribution is 2.20. The van der Waals surface area contributed by atoms with Crippen LogP contribution in [-0.4, -0.2) is 57.9 Å². The normalized spacial score (nSPS) is 12.3. The van der Waals surface area contributed by atoms with Gasteiger partial charge in [0.25, 0.3) is 0 Å². The summed E-state index contributed by atoms with van der Waals surface area (Å²) in [5.41, 5.74) is 0. The number of carbonyl (C=O) groups is 3. The predicted octanol–water partition coefficient (Wildman–Crippen LogP) is 1.20. The SMILES string of the molecule is CCN(CC(=O)NC(C)C)C(=O)CSC(C(=O)O)C(C)C. The minimum absolute atomic E-state index is 0.00743. The largest absolute Gasteiger partial charge is 0.480 e. The Morgan fingerprint density at radius 2 is 1.76 bits per heavy atom. The second kappa shape index (κ2) is 9.65. The maximum atomic E-state index is 12.1. The van der Waals surface area contributed by atoms with E-state index in [0.717, 1.165) is 11.8 Å². The van der Waals surface area contributed by atoms with Crippen molar-refractivity contribution in [3.8, 4) is 0 Å². The fraction of sp³-hybridized carbons (Fsp3) is 0.786. The summed E-state index contributed by atoms with van der Waals surface area (Å²) in [6.45, 7) is 9.55. The van der Waals surface area contributed by atoms with Gasteiger partial charge < -0.3 is 15.3 Å². The van der Waals surface area contributed by atoms with Gasteiger partial charge >= 0.3 is 5.97 Å². The van der Waals surface area contributed by atoms with Gasteiger partial charge in [0.05, 0.1) is 12.3 Å². The summed E-state index contributed by atoms with van der Waals surface area (Å²) < 4.78 is 0. The van der Waals surface area contributed by atoms with Crippen LogP contribution in [0.2, 0.25) is 0 Å². The quantitative estimate of drug-likeness (QED) is 0.667. The van der Waals surface area contributed by atoms with Crippen molar-refractivity contribution in [2.45, 2.75) is 45.9 Å². The molecule has 0 rings (SSSR count). The van der Waals surface area contributed by atoms with Gasteiger partial charge in [0.15, 0.2) is 0 Å². The Bertz CT molecular complexity index is 372. The van der Waals surface area contributed by atoms with Crippen molar-refractivity contribution >= 4 is 29.5 Å². The highest BCUT2D eigenvalue weighted by molar-refractivity contribution is 8.01. The molecule has 21 heavy (non-hydrogen) atoms. The fourth-order valence-corrected chi connectivity index (χ4v) is 2.75. The molecule has 0 bridgehead atoms. The molecule has 2 N–H and O–H groups in total. The van der Waals surface area contributed by atoms with Gasteiger partial charge in [0, 0.05) is 12.6 Å². The first-order valence-corrected chi connectivity index (χ1v) is 8.15. The molecule has 0 aliphatic carbocycles. The number of carbonyl (C=O) groups excluding carboxylic acids is 2. The van der Waals surface area contributed by atoms with Gasteiger partial charge in [0.2, 0.25) is 11.8 Å². The van der Waals surface area contributed by atoms with Crippen LogP contribution in [0.4, 0.5) is 0 Å². The summed E-state index contributed by atoms with van der Waals surface area (Å²) >= 11 is 1.11. The lowest BCUT2D eigenvalue weighted by Gasteiger charge is -2.22. The van der Waals surface area contributed by atoms with Gasteiger partial charge in [-0.3, -0.25) is 14.4 Å². The lowest BCUT2D eigenvalue weighted by molar-refractivity contribution is -0.137. The number of amides is 2. The summed E-state index contributed by atoms with van der Waals surface area (Å²) in [5.74, 6) is -1.32. The highest BCUT2D eigenvalue weighted by Gasteiger charge is 2.24. The van der Waals surface area contributed by atoms with Crippen LogP contribution in [-0.2, 0) is 14.4 Å². The first-order chi connectivity index (χ1) is 9.68. The van der Waals surface area contributed by atoms with Gasteiger partial charge in [-0.15, -0.1) is 11.8 Å². The third-order valence-electron chi connectivity index (χ3n) is 2.75. The zero-order valence-electron chi connectivity index (χ0n) is 13.4. The van der Waals surface area contributed by atoms with Crippen LogP contribution in [0.15, 0.2) is 0 Å². The molecule has 0 aromatic rings. The number of carboxylic acids is 1. The van der Waals surface area contributed by atoms with Gasteiger partial charge in [-0.2, -0.15) is 0 Å². The van der Waals surface area contributed by atoms with Crippen LogP contribution in [0.3, 0.4) is 0 Å². The summed E-state index contributed by atoms with van der Waals surface area (Å²) in [4.78, 5) is 36.3. The number of rotatable bonds is 9. The molecular formula is C14H26N2O4S. The molecule has 122 valence electrons. The molecule has 0 heterocycles. The van der Waals surface area contributed by atoms with E-state index in [4.69, 9.17) is 5.11 Å². The first kappa shape index (κ1) is 19.8. The Morgan fingerprint density at radius 1 is 1.19 bits per heavy atom. The Balaban J connectivity index is 4.45. The molecule has 0 aromatic carbocycles. The number of nitrogens with one attached hydrogen (secondary N) is 1. The molecule has 7 heteroatoms. The summed E-state index contributed by atoms with van der Waals surface area (Å²) in [7, 11) is 0. The number of thioether (sulfide) groups is 1. The molecule has 2 amide bonds. The second-order valence-electron chi connectivity index (χ2n) is 5.44. The van der Waals surface area contributed by atoms with Crippen LogP contribution < -0.4 is 5.32 Å². The smallest absolute Gasteiger partial charge is 0.316 e. The molecule has 0 aliphatic heterocycles. The van der Waals surface area contributed by atoms with Crippen molar-refractivity contribution in [2.75, 3.05) is 18.8 Å². The molecule has 0 radical (unpaired) electrons. The van der Waals surface area contributed by atoms with Crippen LogP contribution in [0, 0.1) is 5.92 Å². The topological polar surface area (TPSA) is 86.7 Å². The summed E-state index contributed by atoms with van der Waals surface area (Å²) in [5, 5.41) is 11.2. The molecular weight excluding hydrogens is 292 g/mol. The maximum absolute atomic E-state index is 12.1. The van der Waals surface area contributed by atoms with Crippen molar-refractivity contribution in [3.63, 3.8) is 0 Å². The molecule has 0 fully saturated rings. The Hall–Kier alpha value is -1.24. The lowest BCUT2D eigenvalue weighted by Crippen LogP contribution is -2.43. The van der Waals surface area contributed by atoms with Crippen molar-refractivity contribution < 1.29 is 19.5 Å². The first-order valence-electron chi connectivity index (χ1n) is 7.10. The average molecular weight is 318 g/mol. The number of carboxylic acid groups (broad SMARTS) is 1. The molecule has 6 nitrogen and oxygen atoms in total. The van der Waals surface area contributed by atoms with Crippen molar-refractivity contribution in [2.24, 2.45) is 5.92 Å². The summed E-state index contributed by atoms with van der Waals surface area (Å²) in [6, 6.07) is 0.0259. The van der Waals surface area contributed by atoms with Crippen LogP contribution >= 0.6 is 11.8 Å². The van der Waals surface area contributed by atoms with E-state index in [1.165, 1.54) is 4.90 Å². The zero-order valence-corrected chi connectivity index (χ0v) is 14.2. The van der Waals surface area contributed by atoms with Crippen LogP contribution in [0.5, 0.6) is 0 Å². The number of nitrogens with zero attached hydrogens (tertiary/aromatic N) is 1. The van der Waals surface area contributed by atoms with E-state index in [0.29, 0.717) is 6.54 Å². The van der Waals surface area contributed by atoms with E-state index < -0.39 is 11.2 Å². The lowest BCUT2D eigenvalue weighted by atomic mass is 10.1. The molecule has 1 atom stereocenters. The minimum Gasteiger partial charge on any atom is -0.480 e. The zero-order chi connectivity index (χ0) is 16.6. The maximum Gasteiger partial charge on any atom is 0.316 e. The molecule has 0 aromatic heterocycles. The van der Waals surface area contributed by atoms with E-state index in [2.05, 4.69) is 5.32 Å². The van der Waals surface area contributed by atoms with E-state index in [1.54, 1.807) is 6.92 Å². The number of hydrogen-bond donors (Lipinski definition) is 2. The van der Waals surface area contributed by atoms with E-state index in [-0.39, 0.29) is 36.1 Å². The minimum atomic E-state index is -0.914. The number of aliphatic carboxylic acids is 1. The number of hydrogen-bond acceptors (Lipinski definition) is 4. The van der Waals surface area contributed by atoms with Gasteiger partial charge in [-0.05, 0) is 26.7 Å². The van der Waals surface area contributed by atoms with Crippen molar-refractivity contribution in [3.05, 3.63) is 0 Å². The molecule has 0 saturated heterocycles. The van der Waals surface area contributed by atoms with E-state index in [9.17, 15) is 14.4 Å². The third kappa shape index (κ3) is 7.94. The second-order valence-corrected chi connectivity index (χ2v) is 6.57. The average Bonchev–Trinajstić information content (AvgIpc) is 2.33. The predicted molar refractivity (Wildman–Crippen MR) is 84.3 cm³/mol. The molecule has 0 spiro atoms. The van der Waals surface area contributed by atoms with Crippen molar-refractivity contribution in [1.82, 2.24) is 10.2 Å². The fourth-order valence-electron chi connectivity index (χ4n) is 1.72. The van der Waals surface area contributed by atoms with E-state index in [1.807, 2.05) is 27.7 Å².